The number of methoxy groups -OCH3 is 1. The van der Waals surface area contributed by atoms with Gasteiger partial charge in [0.25, 0.3) is 5.91 Å². The lowest BCUT2D eigenvalue weighted by molar-refractivity contribution is -0.154. The molecular weight excluding hydrogens is 315 g/mol. The monoisotopic (exact) mass is 332 g/mol. The third kappa shape index (κ3) is 2.77. The molecule has 7 heteroatoms. The summed E-state index contributed by atoms with van der Waals surface area (Å²) in [6, 6.07) is 5.10. The van der Waals surface area contributed by atoms with E-state index in [1.165, 1.54) is 24.1 Å². The minimum Gasteiger partial charge on any atom is -0.467 e. The SMILES string of the molecule is COC(=O)[C@@H]1C=CCN1C(=O)[C@@H]1ON=C(c2ccc(F)cc2)[C@@H]1C. The maximum atomic E-state index is 13.0. The first-order chi connectivity index (χ1) is 11.5. The summed E-state index contributed by atoms with van der Waals surface area (Å²) >= 11 is 0. The van der Waals surface area contributed by atoms with Gasteiger partial charge in [-0.25, -0.2) is 9.18 Å². The first-order valence-corrected chi connectivity index (χ1v) is 7.57. The molecule has 3 rings (SSSR count). The van der Waals surface area contributed by atoms with Gasteiger partial charge >= 0.3 is 5.97 Å². The molecule has 1 aromatic carbocycles. The van der Waals surface area contributed by atoms with Crippen molar-refractivity contribution in [2.24, 2.45) is 11.1 Å². The van der Waals surface area contributed by atoms with E-state index in [1.54, 1.807) is 24.3 Å². The van der Waals surface area contributed by atoms with Crippen LogP contribution in [0, 0.1) is 11.7 Å². The summed E-state index contributed by atoms with van der Waals surface area (Å²) in [6.07, 6.45) is 2.54. The highest BCUT2D eigenvalue weighted by atomic mass is 19.1. The highest BCUT2D eigenvalue weighted by Crippen LogP contribution is 2.26. The predicted octanol–water partition coefficient (Wildman–Crippen LogP) is 1.50. The molecule has 0 N–H and O–H groups in total. The van der Waals surface area contributed by atoms with Crippen LogP contribution in [0.4, 0.5) is 4.39 Å². The van der Waals surface area contributed by atoms with Crippen LogP contribution in [0.25, 0.3) is 0 Å². The van der Waals surface area contributed by atoms with Crippen molar-refractivity contribution >= 4 is 17.6 Å². The van der Waals surface area contributed by atoms with E-state index in [9.17, 15) is 14.0 Å². The number of esters is 1. The topological polar surface area (TPSA) is 68.2 Å². The van der Waals surface area contributed by atoms with Crippen molar-refractivity contribution in [3.05, 3.63) is 47.8 Å². The van der Waals surface area contributed by atoms with Crippen molar-refractivity contribution in [3.8, 4) is 0 Å². The number of hydrogen-bond acceptors (Lipinski definition) is 5. The minimum atomic E-state index is -0.822. The fraction of sp³-hybridized carbons (Fsp3) is 0.353. The first kappa shape index (κ1) is 16.2. The number of carbonyl (C=O) groups is 2. The van der Waals surface area contributed by atoms with E-state index >= 15 is 0 Å². The Morgan fingerprint density at radius 2 is 2.04 bits per heavy atom. The van der Waals surface area contributed by atoms with Crippen molar-refractivity contribution in [2.75, 3.05) is 13.7 Å². The number of nitrogens with zero attached hydrogens (tertiary/aromatic N) is 2. The summed E-state index contributed by atoms with van der Waals surface area (Å²) in [5, 5.41) is 3.99. The number of hydrogen-bond donors (Lipinski definition) is 0. The fourth-order valence-electron chi connectivity index (χ4n) is 2.86. The fourth-order valence-corrected chi connectivity index (χ4v) is 2.86. The molecule has 0 aliphatic carbocycles. The van der Waals surface area contributed by atoms with Gasteiger partial charge in [0.05, 0.1) is 18.7 Å². The number of oxime groups is 1. The van der Waals surface area contributed by atoms with Crippen LogP contribution in [0.2, 0.25) is 0 Å². The second kappa shape index (κ2) is 6.43. The van der Waals surface area contributed by atoms with Gasteiger partial charge in [-0.05, 0) is 17.7 Å². The number of halogens is 1. The van der Waals surface area contributed by atoms with Crippen LogP contribution < -0.4 is 0 Å². The third-order valence-corrected chi connectivity index (χ3v) is 4.22. The molecule has 0 saturated heterocycles. The lowest BCUT2D eigenvalue weighted by atomic mass is 9.93. The van der Waals surface area contributed by atoms with Gasteiger partial charge in [-0.2, -0.15) is 0 Å². The first-order valence-electron chi connectivity index (χ1n) is 7.57. The van der Waals surface area contributed by atoms with Crippen molar-refractivity contribution < 1.29 is 23.6 Å². The molecule has 0 bridgehead atoms. The Balaban J connectivity index is 1.74. The molecule has 0 aromatic heterocycles. The quantitative estimate of drug-likeness (QED) is 0.621. The summed E-state index contributed by atoms with van der Waals surface area (Å²) < 4.78 is 17.8. The molecule has 1 aromatic rings. The van der Waals surface area contributed by atoms with Crippen LogP contribution in [0.15, 0.2) is 41.6 Å². The lowest BCUT2D eigenvalue weighted by Gasteiger charge is -2.26. The molecule has 0 saturated carbocycles. The lowest BCUT2D eigenvalue weighted by Crippen LogP contribution is -2.48. The van der Waals surface area contributed by atoms with Gasteiger partial charge < -0.3 is 14.5 Å². The van der Waals surface area contributed by atoms with Crippen LogP contribution in [-0.2, 0) is 19.2 Å². The largest absolute Gasteiger partial charge is 0.467 e. The normalized spacial score (nSPS) is 25.4. The van der Waals surface area contributed by atoms with Crippen molar-refractivity contribution in [1.82, 2.24) is 4.90 Å². The van der Waals surface area contributed by atoms with E-state index in [0.29, 0.717) is 17.8 Å². The maximum Gasteiger partial charge on any atom is 0.332 e. The Morgan fingerprint density at radius 1 is 1.33 bits per heavy atom. The molecule has 126 valence electrons. The smallest absolute Gasteiger partial charge is 0.332 e. The van der Waals surface area contributed by atoms with E-state index in [2.05, 4.69) is 5.16 Å². The molecule has 2 aliphatic heterocycles. The number of benzene rings is 1. The number of amides is 1. The molecule has 2 heterocycles. The van der Waals surface area contributed by atoms with Gasteiger partial charge in [0, 0.05) is 6.54 Å². The Hall–Kier alpha value is -2.70. The van der Waals surface area contributed by atoms with E-state index in [0.717, 1.165) is 0 Å². The van der Waals surface area contributed by atoms with E-state index in [-0.39, 0.29) is 17.6 Å². The summed E-state index contributed by atoms with van der Waals surface area (Å²) in [7, 11) is 1.28. The van der Waals surface area contributed by atoms with E-state index < -0.39 is 18.1 Å². The van der Waals surface area contributed by atoms with Crippen LogP contribution in [-0.4, -0.2) is 48.3 Å². The molecule has 1 amide bonds. The minimum absolute atomic E-state index is 0.317. The van der Waals surface area contributed by atoms with Gasteiger partial charge in [-0.3, -0.25) is 4.79 Å². The summed E-state index contributed by atoms with van der Waals surface area (Å²) in [4.78, 5) is 31.2. The van der Waals surface area contributed by atoms with Gasteiger partial charge in [0.2, 0.25) is 6.10 Å². The molecule has 0 fully saturated rings. The van der Waals surface area contributed by atoms with Crippen molar-refractivity contribution in [2.45, 2.75) is 19.1 Å². The molecule has 3 atom stereocenters. The molecule has 2 aliphatic rings. The van der Waals surface area contributed by atoms with Gasteiger partial charge in [-0.1, -0.05) is 36.4 Å². The van der Waals surface area contributed by atoms with Gasteiger partial charge in [-0.15, -0.1) is 0 Å². The second-order valence-electron chi connectivity index (χ2n) is 5.68. The zero-order chi connectivity index (χ0) is 17.3. The van der Waals surface area contributed by atoms with Crippen LogP contribution in [0.3, 0.4) is 0 Å². The average Bonchev–Trinajstić information content (AvgIpc) is 3.21. The van der Waals surface area contributed by atoms with Crippen molar-refractivity contribution in [3.63, 3.8) is 0 Å². The average molecular weight is 332 g/mol. The second-order valence-corrected chi connectivity index (χ2v) is 5.68. The molecule has 0 unspecified atom stereocenters. The van der Waals surface area contributed by atoms with E-state index in [4.69, 9.17) is 9.57 Å². The standard InChI is InChI=1S/C17H17FN2O4/c1-10-14(11-5-7-12(18)8-6-11)19-24-15(10)16(21)20-9-3-4-13(20)17(22)23-2/h3-8,10,13,15H,9H2,1-2H3/t10-,13-,15+/m0/s1. The molecule has 6 nitrogen and oxygen atoms in total. The Bertz CT molecular complexity index is 714. The van der Waals surface area contributed by atoms with Gasteiger partial charge in [0.15, 0.2) is 0 Å². The maximum absolute atomic E-state index is 13.0. The van der Waals surface area contributed by atoms with E-state index in [1.807, 2.05) is 6.92 Å². The predicted molar refractivity (Wildman–Crippen MR) is 83.6 cm³/mol. The number of carbonyl (C=O) groups excluding carboxylic acids is 2. The molecule has 0 spiro atoms. The highest BCUT2D eigenvalue weighted by Gasteiger charge is 2.42. The number of rotatable bonds is 3. The zero-order valence-electron chi connectivity index (χ0n) is 13.3. The summed E-state index contributed by atoms with van der Waals surface area (Å²) in [6.45, 7) is 2.13. The van der Waals surface area contributed by atoms with Gasteiger partial charge in [0.1, 0.15) is 11.9 Å². The number of ether oxygens (including phenoxy) is 1. The van der Waals surface area contributed by atoms with Crippen LogP contribution in [0.1, 0.15) is 12.5 Å². The van der Waals surface area contributed by atoms with Crippen molar-refractivity contribution in [1.29, 1.82) is 0 Å². The van der Waals surface area contributed by atoms with Crippen LogP contribution >= 0.6 is 0 Å². The van der Waals surface area contributed by atoms with Crippen LogP contribution in [0.5, 0.6) is 0 Å². The third-order valence-electron chi connectivity index (χ3n) is 4.22. The summed E-state index contributed by atoms with van der Waals surface area (Å²) in [5.74, 6) is -1.49. The zero-order valence-corrected chi connectivity index (χ0v) is 13.3. The summed E-state index contributed by atoms with van der Waals surface area (Å²) in [5.41, 5.74) is 1.28. The molecule has 24 heavy (non-hydrogen) atoms. The highest BCUT2D eigenvalue weighted by molar-refractivity contribution is 6.06. The Morgan fingerprint density at radius 3 is 2.71 bits per heavy atom. The Labute approximate surface area is 138 Å². The Kier molecular flexibility index (Phi) is 4.33. The molecular formula is C17H17FN2O4. The molecule has 0 radical (unpaired) electrons.